The molecule has 1 fully saturated rings. The lowest BCUT2D eigenvalue weighted by molar-refractivity contribution is -0.130. The summed E-state index contributed by atoms with van der Waals surface area (Å²) < 4.78 is 18.5. The van der Waals surface area contributed by atoms with Crippen LogP contribution in [0.15, 0.2) is 18.2 Å². The van der Waals surface area contributed by atoms with E-state index in [1.165, 1.54) is 12.1 Å². The highest BCUT2D eigenvalue weighted by molar-refractivity contribution is 6.32. The van der Waals surface area contributed by atoms with Crippen molar-refractivity contribution in [3.63, 3.8) is 0 Å². The van der Waals surface area contributed by atoms with Crippen LogP contribution in [-0.4, -0.2) is 41.9 Å². The van der Waals surface area contributed by atoms with E-state index >= 15 is 0 Å². The van der Waals surface area contributed by atoms with Crippen molar-refractivity contribution in [3.8, 4) is 5.75 Å². The van der Waals surface area contributed by atoms with Crippen molar-refractivity contribution >= 4 is 23.4 Å². The average Bonchev–Trinajstić information content (AvgIpc) is 2.87. The van der Waals surface area contributed by atoms with E-state index in [2.05, 4.69) is 5.32 Å². The number of halogens is 2. The molecule has 0 bridgehead atoms. The monoisotopic (exact) mass is 342 g/mol. The fourth-order valence-electron chi connectivity index (χ4n) is 2.45. The number of carbonyl (C=O) groups excluding carboxylic acids is 2. The third kappa shape index (κ3) is 4.82. The maximum absolute atomic E-state index is 13.0. The summed E-state index contributed by atoms with van der Waals surface area (Å²) in [7, 11) is 0. The minimum absolute atomic E-state index is 0.111. The van der Waals surface area contributed by atoms with Gasteiger partial charge in [0.2, 0.25) is 5.91 Å². The predicted molar refractivity (Wildman–Crippen MR) is 84.9 cm³/mol. The minimum Gasteiger partial charge on any atom is -0.479 e. The Balaban J connectivity index is 1.85. The van der Waals surface area contributed by atoms with Gasteiger partial charge in [0.25, 0.3) is 5.91 Å². The first kappa shape index (κ1) is 17.5. The van der Waals surface area contributed by atoms with Crippen molar-refractivity contribution in [2.75, 3.05) is 13.1 Å². The van der Waals surface area contributed by atoms with Crippen LogP contribution in [0.5, 0.6) is 5.75 Å². The Morgan fingerprint density at radius 2 is 2.22 bits per heavy atom. The summed E-state index contributed by atoms with van der Waals surface area (Å²) in [6, 6.07) is 3.55. The second-order valence-electron chi connectivity index (χ2n) is 5.69. The molecule has 1 aliphatic rings. The van der Waals surface area contributed by atoms with E-state index in [0.29, 0.717) is 13.0 Å². The number of rotatable bonds is 6. The number of likely N-dealkylation sites (tertiary alicyclic amines) is 1. The summed E-state index contributed by atoms with van der Waals surface area (Å²) in [6.07, 6.45) is 0.653. The quantitative estimate of drug-likeness (QED) is 0.863. The zero-order chi connectivity index (χ0) is 17.0. The van der Waals surface area contributed by atoms with Gasteiger partial charge in [-0.25, -0.2) is 4.39 Å². The molecule has 1 aliphatic heterocycles. The molecule has 2 amide bonds. The second-order valence-corrected chi connectivity index (χ2v) is 6.09. The molecule has 5 nitrogen and oxygen atoms in total. The molecule has 2 atom stereocenters. The topological polar surface area (TPSA) is 58.6 Å². The summed E-state index contributed by atoms with van der Waals surface area (Å²) in [4.78, 5) is 25.5. The molecule has 1 saturated heterocycles. The summed E-state index contributed by atoms with van der Waals surface area (Å²) in [5.41, 5.74) is 0. The second kappa shape index (κ2) is 7.64. The van der Waals surface area contributed by atoms with Gasteiger partial charge in [-0.2, -0.15) is 0 Å². The normalized spacial score (nSPS) is 17.0. The fraction of sp³-hybridized carbons (Fsp3) is 0.500. The molecule has 23 heavy (non-hydrogen) atoms. The SMILES string of the molecule is C[C@H](Oc1ccc(F)cc1Cl)C(=O)N[C@@H](C)CN1CCCC1=O. The molecule has 0 aromatic heterocycles. The Labute approximate surface area is 139 Å². The largest absolute Gasteiger partial charge is 0.479 e. The lowest BCUT2D eigenvalue weighted by Gasteiger charge is -2.23. The van der Waals surface area contributed by atoms with Crippen molar-refractivity contribution in [1.29, 1.82) is 0 Å². The summed E-state index contributed by atoms with van der Waals surface area (Å²) in [6.45, 7) is 4.63. The van der Waals surface area contributed by atoms with Gasteiger partial charge in [-0.15, -0.1) is 0 Å². The number of benzene rings is 1. The Kier molecular flexibility index (Phi) is 5.82. The number of nitrogens with one attached hydrogen (secondary N) is 1. The average molecular weight is 343 g/mol. The lowest BCUT2D eigenvalue weighted by Crippen LogP contribution is -2.46. The molecular formula is C16H20ClFN2O3. The van der Waals surface area contributed by atoms with E-state index in [1.807, 2.05) is 6.92 Å². The molecule has 126 valence electrons. The van der Waals surface area contributed by atoms with E-state index in [0.717, 1.165) is 19.0 Å². The first-order chi connectivity index (χ1) is 10.9. The van der Waals surface area contributed by atoms with E-state index in [9.17, 15) is 14.0 Å². The number of hydrogen-bond donors (Lipinski definition) is 1. The van der Waals surface area contributed by atoms with Crippen LogP contribution in [0.1, 0.15) is 26.7 Å². The molecule has 1 aromatic rings. The van der Waals surface area contributed by atoms with Crippen LogP contribution < -0.4 is 10.1 Å². The van der Waals surface area contributed by atoms with Crippen LogP contribution in [0.25, 0.3) is 0 Å². The maximum Gasteiger partial charge on any atom is 0.261 e. The highest BCUT2D eigenvalue weighted by Crippen LogP contribution is 2.25. The van der Waals surface area contributed by atoms with Gasteiger partial charge in [-0.1, -0.05) is 11.6 Å². The molecule has 0 spiro atoms. The van der Waals surface area contributed by atoms with Crippen molar-refractivity contribution in [2.24, 2.45) is 0 Å². The molecule has 1 N–H and O–H groups in total. The maximum atomic E-state index is 13.0. The van der Waals surface area contributed by atoms with Crippen LogP contribution in [-0.2, 0) is 9.59 Å². The molecule has 2 rings (SSSR count). The molecular weight excluding hydrogens is 323 g/mol. The smallest absolute Gasteiger partial charge is 0.261 e. The Morgan fingerprint density at radius 3 is 2.83 bits per heavy atom. The van der Waals surface area contributed by atoms with Gasteiger partial charge in [0.1, 0.15) is 11.6 Å². The third-order valence-electron chi connectivity index (χ3n) is 3.62. The summed E-state index contributed by atoms with van der Waals surface area (Å²) >= 11 is 5.87. The molecule has 0 unspecified atom stereocenters. The Morgan fingerprint density at radius 1 is 1.48 bits per heavy atom. The molecule has 0 aliphatic carbocycles. The third-order valence-corrected chi connectivity index (χ3v) is 3.92. The van der Waals surface area contributed by atoms with E-state index in [-0.39, 0.29) is 28.6 Å². The predicted octanol–water partition coefficient (Wildman–Crippen LogP) is 2.37. The van der Waals surface area contributed by atoms with Crippen LogP contribution in [0.2, 0.25) is 5.02 Å². The van der Waals surface area contributed by atoms with E-state index in [4.69, 9.17) is 16.3 Å². The standard InChI is InChI=1S/C16H20ClFN2O3/c1-10(9-20-7-3-4-15(20)21)19-16(22)11(2)23-14-6-5-12(18)8-13(14)17/h5-6,8,10-11H,3-4,7,9H2,1-2H3,(H,19,22)/t10-,11-/m0/s1. The number of hydrogen-bond acceptors (Lipinski definition) is 3. The Bertz CT molecular complexity index is 597. The number of amides is 2. The van der Waals surface area contributed by atoms with Gasteiger partial charge in [0, 0.05) is 25.6 Å². The summed E-state index contributed by atoms with van der Waals surface area (Å²) in [5.74, 6) is -0.417. The highest BCUT2D eigenvalue weighted by Gasteiger charge is 2.24. The minimum atomic E-state index is -0.783. The van der Waals surface area contributed by atoms with Crippen molar-refractivity contribution < 1.29 is 18.7 Å². The molecule has 1 aromatic carbocycles. The van der Waals surface area contributed by atoms with Crippen molar-refractivity contribution in [1.82, 2.24) is 10.2 Å². The zero-order valence-corrected chi connectivity index (χ0v) is 13.9. The van der Waals surface area contributed by atoms with Crippen LogP contribution in [0.3, 0.4) is 0 Å². The number of carbonyl (C=O) groups is 2. The van der Waals surface area contributed by atoms with Gasteiger partial charge < -0.3 is 15.0 Å². The van der Waals surface area contributed by atoms with Gasteiger partial charge in [-0.3, -0.25) is 9.59 Å². The summed E-state index contributed by atoms with van der Waals surface area (Å²) in [5, 5.41) is 2.91. The first-order valence-corrected chi connectivity index (χ1v) is 7.94. The first-order valence-electron chi connectivity index (χ1n) is 7.56. The zero-order valence-electron chi connectivity index (χ0n) is 13.1. The highest BCUT2D eigenvalue weighted by atomic mass is 35.5. The van der Waals surface area contributed by atoms with Crippen molar-refractivity contribution in [2.45, 2.75) is 38.8 Å². The van der Waals surface area contributed by atoms with Crippen LogP contribution >= 0.6 is 11.6 Å². The van der Waals surface area contributed by atoms with Crippen LogP contribution in [0, 0.1) is 5.82 Å². The molecule has 0 saturated carbocycles. The van der Waals surface area contributed by atoms with Gasteiger partial charge in [-0.05, 0) is 38.5 Å². The number of nitrogens with zero attached hydrogens (tertiary/aromatic N) is 1. The number of ether oxygens (including phenoxy) is 1. The molecule has 0 radical (unpaired) electrons. The fourth-order valence-corrected chi connectivity index (χ4v) is 2.66. The lowest BCUT2D eigenvalue weighted by atomic mass is 10.2. The van der Waals surface area contributed by atoms with E-state index < -0.39 is 11.9 Å². The Hall–Kier alpha value is -1.82. The van der Waals surface area contributed by atoms with Gasteiger partial charge in [0.05, 0.1) is 5.02 Å². The molecule has 7 heteroatoms. The van der Waals surface area contributed by atoms with Gasteiger partial charge in [0.15, 0.2) is 6.10 Å². The van der Waals surface area contributed by atoms with Crippen molar-refractivity contribution in [3.05, 3.63) is 29.0 Å². The van der Waals surface area contributed by atoms with Crippen LogP contribution in [0.4, 0.5) is 4.39 Å². The molecule has 1 heterocycles. The van der Waals surface area contributed by atoms with E-state index in [1.54, 1.807) is 11.8 Å². The van der Waals surface area contributed by atoms with Gasteiger partial charge >= 0.3 is 0 Å².